The molecule has 1 unspecified atom stereocenters. The minimum atomic E-state index is -0.182. The molecule has 0 amide bonds. The Balaban J connectivity index is 1.75. The molecular formula is C28H44O. The predicted octanol–water partition coefficient (Wildman–Crippen LogP) is 7.64. The topological polar surface area (TPSA) is 20.2 Å². The first-order valence-electron chi connectivity index (χ1n) is 12.2. The van der Waals surface area contributed by atoms with E-state index in [4.69, 9.17) is 0 Å². The van der Waals surface area contributed by atoms with Crippen molar-refractivity contribution in [3.8, 4) is 0 Å². The summed E-state index contributed by atoms with van der Waals surface area (Å²) < 4.78 is 0. The van der Waals surface area contributed by atoms with Gasteiger partial charge in [-0.25, -0.2) is 0 Å². The van der Waals surface area contributed by atoms with Crippen LogP contribution in [-0.2, 0) is 0 Å². The Morgan fingerprint density at radius 2 is 1.79 bits per heavy atom. The molecule has 3 rings (SSSR count). The molecular weight excluding hydrogens is 352 g/mol. The average molecular weight is 397 g/mol. The van der Waals surface area contributed by atoms with Gasteiger partial charge in [0.25, 0.3) is 0 Å². The van der Waals surface area contributed by atoms with Gasteiger partial charge in [-0.2, -0.15) is 0 Å². The molecule has 0 aromatic heterocycles. The summed E-state index contributed by atoms with van der Waals surface area (Å²) >= 11 is 0. The molecule has 0 aliphatic heterocycles. The smallest absolute Gasteiger partial charge is 0.0583 e. The maximum atomic E-state index is 10.0. The number of hydrogen-bond acceptors (Lipinski definition) is 1. The molecule has 3 fully saturated rings. The maximum Gasteiger partial charge on any atom is 0.0583 e. The summed E-state index contributed by atoms with van der Waals surface area (Å²) in [5.74, 6) is 3.58. The van der Waals surface area contributed by atoms with Gasteiger partial charge in [-0.1, -0.05) is 76.6 Å². The number of hydrogen-bond donors (Lipinski definition) is 1. The van der Waals surface area contributed by atoms with Crippen molar-refractivity contribution in [1.29, 1.82) is 0 Å². The molecule has 0 spiro atoms. The Hall–Kier alpha value is -1.08. The molecule has 1 nitrogen and oxygen atoms in total. The molecule has 0 bridgehead atoms. The molecule has 0 heterocycles. The Morgan fingerprint density at radius 1 is 1.03 bits per heavy atom. The zero-order chi connectivity index (χ0) is 21.2. The van der Waals surface area contributed by atoms with Crippen LogP contribution in [0, 0.1) is 35.0 Å². The second-order valence-corrected chi connectivity index (χ2v) is 10.9. The number of fused-ring (bicyclic) bond motifs is 1. The highest BCUT2D eigenvalue weighted by molar-refractivity contribution is 5.36. The van der Waals surface area contributed by atoms with Crippen LogP contribution >= 0.6 is 0 Å². The van der Waals surface area contributed by atoms with Gasteiger partial charge in [0.1, 0.15) is 0 Å². The monoisotopic (exact) mass is 396 g/mol. The quantitative estimate of drug-likeness (QED) is 0.473. The molecule has 6 atom stereocenters. The minimum Gasteiger partial charge on any atom is -0.393 e. The zero-order valence-corrected chi connectivity index (χ0v) is 19.6. The van der Waals surface area contributed by atoms with Crippen molar-refractivity contribution >= 4 is 0 Å². The number of aliphatic hydroxyl groups excluding tert-OH is 1. The standard InChI is InChI=1S/C28H44O/c1-19(2)20(3)9-10-22(5)26-15-16-27-23(8-7-17-28(26,27)6)12-13-24-18-25(29)14-11-21(24)4/h9-10,12-13,19-20,22,25-27,29H,4,7-8,11,14-18H2,1-3,5-6H3/t20-,22+,25?,26+,27-,28+/m0/s1. The highest BCUT2D eigenvalue weighted by Crippen LogP contribution is 2.59. The molecule has 29 heavy (non-hydrogen) atoms. The number of rotatable bonds is 5. The lowest BCUT2D eigenvalue weighted by atomic mass is 9.61. The van der Waals surface area contributed by atoms with Crippen LogP contribution in [0.1, 0.15) is 86.0 Å². The van der Waals surface area contributed by atoms with Crippen LogP contribution in [-0.4, -0.2) is 11.2 Å². The van der Waals surface area contributed by atoms with E-state index in [1.54, 1.807) is 5.57 Å². The van der Waals surface area contributed by atoms with E-state index in [1.807, 2.05) is 0 Å². The molecule has 0 saturated heterocycles. The molecule has 0 aromatic rings. The van der Waals surface area contributed by atoms with Crippen molar-refractivity contribution in [3.63, 3.8) is 0 Å². The van der Waals surface area contributed by atoms with Gasteiger partial charge >= 0.3 is 0 Å². The fourth-order valence-corrected chi connectivity index (χ4v) is 6.25. The predicted molar refractivity (Wildman–Crippen MR) is 126 cm³/mol. The third kappa shape index (κ3) is 4.98. The van der Waals surface area contributed by atoms with Crippen LogP contribution in [0.3, 0.4) is 0 Å². The van der Waals surface area contributed by atoms with Crippen LogP contribution in [0.25, 0.3) is 0 Å². The van der Waals surface area contributed by atoms with E-state index in [9.17, 15) is 5.11 Å². The average Bonchev–Trinajstić information content (AvgIpc) is 3.04. The van der Waals surface area contributed by atoms with Crippen molar-refractivity contribution in [1.82, 2.24) is 0 Å². The van der Waals surface area contributed by atoms with E-state index in [1.165, 1.54) is 43.3 Å². The highest BCUT2D eigenvalue weighted by atomic mass is 16.3. The van der Waals surface area contributed by atoms with Gasteiger partial charge in [-0.3, -0.25) is 0 Å². The van der Waals surface area contributed by atoms with Crippen molar-refractivity contribution in [2.75, 3.05) is 0 Å². The Bertz CT molecular complexity index is 678. The molecule has 162 valence electrons. The van der Waals surface area contributed by atoms with Crippen molar-refractivity contribution in [2.45, 2.75) is 92.1 Å². The lowest BCUT2D eigenvalue weighted by Gasteiger charge is -2.44. The van der Waals surface area contributed by atoms with Crippen LogP contribution in [0.5, 0.6) is 0 Å². The van der Waals surface area contributed by atoms with E-state index in [2.05, 4.69) is 65.5 Å². The van der Waals surface area contributed by atoms with Gasteiger partial charge in [0, 0.05) is 0 Å². The van der Waals surface area contributed by atoms with E-state index >= 15 is 0 Å². The van der Waals surface area contributed by atoms with Gasteiger partial charge in [0.05, 0.1) is 6.10 Å². The lowest BCUT2D eigenvalue weighted by Crippen LogP contribution is -2.35. The molecule has 0 aromatic carbocycles. The van der Waals surface area contributed by atoms with Gasteiger partial charge in [0.15, 0.2) is 0 Å². The Labute approximate surface area is 180 Å². The first-order chi connectivity index (χ1) is 13.7. The van der Waals surface area contributed by atoms with Gasteiger partial charge in [0.2, 0.25) is 0 Å². The third-order valence-corrected chi connectivity index (χ3v) is 8.63. The van der Waals surface area contributed by atoms with Crippen LogP contribution < -0.4 is 0 Å². The van der Waals surface area contributed by atoms with Crippen molar-refractivity contribution in [2.24, 2.45) is 35.0 Å². The van der Waals surface area contributed by atoms with Crippen molar-refractivity contribution < 1.29 is 5.11 Å². The van der Waals surface area contributed by atoms with Gasteiger partial charge < -0.3 is 5.11 Å². The van der Waals surface area contributed by atoms with Crippen LogP contribution in [0.15, 0.2) is 47.6 Å². The van der Waals surface area contributed by atoms with Gasteiger partial charge in [-0.15, -0.1) is 0 Å². The second kappa shape index (κ2) is 9.38. The lowest BCUT2D eigenvalue weighted by molar-refractivity contribution is 0.112. The number of aliphatic hydroxyl groups is 1. The first kappa shape index (κ1) is 22.6. The first-order valence-corrected chi connectivity index (χ1v) is 12.2. The summed E-state index contributed by atoms with van der Waals surface area (Å²) in [7, 11) is 0. The largest absolute Gasteiger partial charge is 0.393 e. The Kier molecular flexibility index (Phi) is 7.31. The fourth-order valence-electron chi connectivity index (χ4n) is 6.25. The SMILES string of the molecule is C=C1CCC(O)CC1=CC=C1CCC[C@]2(C)[C@@H]([C@H](C)C=C[C@H](C)C(C)C)CC[C@@H]12. The Morgan fingerprint density at radius 3 is 2.52 bits per heavy atom. The van der Waals surface area contributed by atoms with E-state index in [-0.39, 0.29) is 6.10 Å². The molecule has 1 N–H and O–H groups in total. The normalized spacial score (nSPS) is 38.2. The summed E-state index contributed by atoms with van der Waals surface area (Å²) in [4.78, 5) is 0. The highest BCUT2D eigenvalue weighted by Gasteiger charge is 2.50. The molecule has 0 radical (unpaired) electrons. The van der Waals surface area contributed by atoms with Gasteiger partial charge in [-0.05, 0) is 91.9 Å². The summed E-state index contributed by atoms with van der Waals surface area (Å²) in [6, 6.07) is 0. The van der Waals surface area contributed by atoms with Crippen molar-refractivity contribution in [3.05, 3.63) is 47.6 Å². The van der Waals surface area contributed by atoms with E-state index < -0.39 is 0 Å². The summed E-state index contributed by atoms with van der Waals surface area (Å²) in [6.07, 6.45) is 18.8. The van der Waals surface area contributed by atoms with Crippen LogP contribution in [0.4, 0.5) is 0 Å². The van der Waals surface area contributed by atoms with E-state index in [0.717, 1.165) is 37.0 Å². The maximum absolute atomic E-state index is 10.0. The van der Waals surface area contributed by atoms with E-state index in [0.29, 0.717) is 17.3 Å². The molecule has 3 aliphatic rings. The minimum absolute atomic E-state index is 0.182. The summed E-state index contributed by atoms with van der Waals surface area (Å²) in [5, 5.41) is 10.0. The summed E-state index contributed by atoms with van der Waals surface area (Å²) in [5.41, 5.74) is 4.61. The zero-order valence-electron chi connectivity index (χ0n) is 19.6. The summed E-state index contributed by atoms with van der Waals surface area (Å²) in [6.45, 7) is 16.3. The van der Waals surface area contributed by atoms with Crippen LogP contribution in [0.2, 0.25) is 0 Å². The second-order valence-electron chi connectivity index (χ2n) is 10.9. The third-order valence-electron chi connectivity index (χ3n) is 8.63. The fraction of sp³-hybridized carbons (Fsp3) is 0.714. The number of allylic oxidation sites excluding steroid dienone is 6. The molecule has 3 aliphatic carbocycles. The molecule has 3 saturated carbocycles. The molecule has 1 heteroatoms.